The molecule has 0 aliphatic carbocycles. The molecule has 2 aliphatic rings. The van der Waals surface area contributed by atoms with Gasteiger partial charge in [-0.1, -0.05) is 53.1 Å². The van der Waals surface area contributed by atoms with Gasteiger partial charge >= 0.3 is 5.97 Å². The standard InChI is InChI=1S/C18H12O3S/c19-18-14-8-3-6-12-7-4-10-16(17(12)14)22(21-18)15-9-2-1-5-13(15)11-20-22/h1-10H,11H2. The summed E-state index contributed by atoms with van der Waals surface area (Å²) in [5.74, 6) is -0.295. The molecule has 22 heavy (non-hydrogen) atoms. The van der Waals surface area contributed by atoms with Crippen LogP contribution < -0.4 is 0 Å². The minimum atomic E-state index is -2.19. The Labute approximate surface area is 129 Å². The smallest absolute Gasteiger partial charge is 0.339 e. The van der Waals surface area contributed by atoms with Gasteiger partial charge in [-0.3, -0.25) is 4.18 Å². The fraction of sp³-hybridized carbons (Fsp3) is 0.0556. The lowest BCUT2D eigenvalue weighted by molar-refractivity contribution is 0.0733. The monoisotopic (exact) mass is 308 g/mol. The Morgan fingerprint density at radius 1 is 0.864 bits per heavy atom. The zero-order chi connectivity index (χ0) is 14.7. The summed E-state index contributed by atoms with van der Waals surface area (Å²) in [6.07, 6.45) is 0. The second kappa shape index (κ2) is 4.12. The molecule has 0 aromatic heterocycles. The van der Waals surface area contributed by atoms with Crippen molar-refractivity contribution < 1.29 is 13.2 Å². The first-order valence-corrected chi connectivity index (χ1v) is 8.59. The Bertz CT molecular complexity index is 945. The Morgan fingerprint density at radius 3 is 2.55 bits per heavy atom. The van der Waals surface area contributed by atoms with E-state index < -0.39 is 10.6 Å². The van der Waals surface area contributed by atoms with Crippen molar-refractivity contribution in [3.63, 3.8) is 0 Å². The van der Waals surface area contributed by atoms with E-state index >= 15 is 0 Å². The average molecular weight is 308 g/mol. The second-order valence-electron chi connectivity index (χ2n) is 5.40. The molecular weight excluding hydrogens is 296 g/mol. The van der Waals surface area contributed by atoms with Crippen LogP contribution in [-0.4, -0.2) is 5.97 Å². The topological polar surface area (TPSA) is 35.5 Å². The van der Waals surface area contributed by atoms with E-state index in [0.29, 0.717) is 12.2 Å². The third-order valence-corrected chi connectivity index (χ3v) is 6.94. The molecule has 1 unspecified atom stereocenters. The lowest BCUT2D eigenvalue weighted by Crippen LogP contribution is -2.18. The van der Waals surface area contributed by atoms with Gasteiger partial charge in [0.25, 0.3) is 0 Å². The van der Waals surface area contributed by atoms with Gasteiger partial charge in [-0.2, -0.15) is 0 Å². The number of hydrogen-bond acceptors (Lipinski definition) is 3. The zero-order valence-corrected chi connectivity index (χ0v) is 12.4. The highest BCUT2D eigenvalue weighted by atomic mass is 32.3. The van der Waals surface area contributed by atoms with Crippen LogP contribution >= 0.6 is 10.6 Å². The van der Waals surface area contributed by atoms with Crippen LogP contribution in [0.5, 0.6) is 0 Å². The van der Waals surface area contributed by atoms with Crippen molar-refractivity contribution in [1.29, 1.82) is 0 Å². The summed E-state index contributed by atoms with van der Waals surface area (Å²) >= 11 is 0. The van der Waals surface area contributed by atoms with Gasteiger partial charge in [0.05, 0.1) is 15.4 Å². The molecule has 108 valence electrons. The van der Waals surface area contributed by atoms with Crippen molar-refractivity contribution in [3.05, 3.63) is 71.8 Å². The minimum absolute atomic E-state index is 0.295. The first-order chi connectivity index (χ1) is 10.8. The summed E-state index contributed by atoms with van der Waals surface area (Å²) in [4.78, 5) is 14.6. The van der Waals surface area contributed by atoms with Gasteiger partial charge in [0.1, 0.15) is 6.61 Å². The number of hydrogen-bond donors (Lipinski definition) is 0. The molecule has 1 atom stereocenters. The Hall–Kier alpha value is -2.30. The van der Waals surface area contributed by atoms with Crippen LogP contribution in [0.4, 0.5) is 0 Å². The fourth-order valence-electron chi connectivity index (χ4n) is 3.24. The van der Waals surface area contributed by atoms with Crippen molar-refractivity contribution in [2.75, 3.05) is 0 Å². The largest absolute Gasteiger partial charge is 0.361 e. The Kier molecular flexibility index (Phi) is 2.30. The van der Waals surface area contributed by atoms with Crippen molar-refractivity contribution in [2.24, 2.45) is 0 Å². The van der Waals surface area contributed by atoms with E-state index in [9.17, 15) is 4.79 Å². The molecular formula is C18H12O3S. The highest BCUT2D eigenvalue weighted by molar-refractivity contribution is 8.26. The molecule has 0 fully saturated rings. The average Bonchev–Trinajstić information content (AvgIpc) is 2.92. The molecule has 0 saturated carbocycles. The molecule has 3 aromatic rings. The quantitative estimate of drug-likeness (QED) is 0.609. The van der Waals surface area contributed by atoms with Crippen molar-refractivity contribution in [3.8, 4) is 0 Å². The maximum atomic E-state index is 12.6. The first-order valence-electron chi connectivity index (χ1n) is 7.11. The summed E-state index contributed by atoms with van der Waals surface area (Å²) in [5, 5.41) is 2.01. The Balaban J connectivity index is 1.92. The molecule has 2 heterocycles. The predicted molar refractivity (Wildman–Crippen MR) is 84.7 cm³/mol. The van der Waals surface area contributed by atoms with E-state index in [1.807, 2.05) is 60.7 Å². The molecule has 0 N–H and O–H groups in total. The van der Waals surface area contributed by atoms with E-state index in [0.717, 1.165) is 26.1 Å². The molecule has 0 saturated heterocycles. The third-order valence-electron chi connectivity index (χ3n) is 4.21. The van der Waals surface area contributed by atoms with Gasteiger partial charge in [-0.05, 0) is 23.6 Å². The van der Waals surface area contributed by atoms with Crippen LogP contribution in [0.2, 0.25) is 0 Å². The third kappa shape index (κ3) is 1.39. The van der Waals surface area contributed by atoms with Crippen molar-refractivity contribution in [2.45, 2.75) is 16.4 Å². The molecule has 0 bridgehead atoms. The fourth-order valence-corrected chi connectivity index (χ4v) is 6.04. The molecule has 0 radical (unpaired) electrons. The molecule has 4 heteroatoms. The number of carbonyl (C=O) groups is 1. The molecule has 5 rings (SSSR count). The molecule has 0 amide bonds. The number of fused-ring (bicyclic) bond motifs is 3. The molecule has 3 nitrogen and oxygen atoms in total. The van der Waals surface area contributed by atoms with Crippen LogP contribution in [-0.2, 0) is 15.0 Å². The molecule has 2 aliphatic heterocycles. The van der Waals surface area contributed by atoms with Gasteiger partial charge in [0, 0.05) is 10.9 Å². The summed E-state index contributed by atoms with van der Waals surface area (Å²) in [5.41, 5.74) is 1.72. The first kappa shape index (κ1) is 12.3. The Morgan fingerprint density at radius 2 is 1.64 bits per heavy atom. The lowest BCUT2D eigenvalue weighted by atomic mass is 10.0. The van der Waals surface area contributed by atoms with Crippen molar-refractivity contribution >= 4 is 27.3 Å². The van der Waals surface area contributed by atoms with Gasteiger partial charge < -0.3 is 4.18 Å². The van der Waals surface area contributed by atoms with Gasteiger partial charge in [-0.25, -0.2) is 4.79 Å². The molecule has 1 spiro atoms. The van der Waals surface area contributed by atoms with Crippen LogP contribution in [0.1, 0.15) is 15.9 Å². The number of rotatable bonds is 0. The van der Waals surface area contributed by atoms with Gasteiger partial charge in [0.2, 0.25) is 0 Å². The lowest BCUT2D eigenvalue weighted by Gasteiger charge is -2.42. The maximum Gasteiger partial charge on any atom is 0.361 e. The zero-order valence-electron chi connectivity index (χ0n) is 11.6. The van der Waals surface area contributed by atoms with Crippen LogP contribution in [0.15, 0.2) is 70.5 Å². The summed E-state index contributed by atoms with van der Waals surface area (Å²) in [6, 6.07) is 19.8. The van der Waals surface area contributed by atoms with Crippen molar-refractivity contribution in [1.82, 2.24) is 0 Å². The van der Waals surface area contributed by atoms with E-state index in [4.69, 9.17) is 8.37 Å². The summed E-state index contributed by atoms with van der Waals surface area (Å²) in [6.45, 7) is 0.483. The minimum Gasteiger partial charge on any atom is -0.339 e. The van der Waals surface area contributed by atoms with Crippen LogP contribution in [0.3, 0.4) is 0 Å². The van der Waals surface area contributed by atoms with E-state index in [1.165, 1.54) is 0 Å². The molecule has 3 aromatic carbocycles. The predicted octanol–water partition coefficient (Wildman–Crippen LogP) is 4.59. The number of benzene rings is 3. The normalized spacial score (nSPS) is 24.8. The van der Waals surface area contributed by atoms with Crippen LogP contribution in [0.25, 0.3) is 10.8 Å². The highest BCUT2D eigenvalue weighted by Gasteiger charge is 2.42. The number of carbonyl (C=O) groups excluding carboxylic acids is 1. The summed E-state index contributed by atoms with van der Waals surface area (Å²) in [7, 11) is -2.19. The SMILES string of the molecule is O=C1OS2(OCc3ccccc32)c2cccc3cccc1c23. The van der Waals surface area contributed by atoms with E-state index in [-0.39, 0.29) is 5.97 Å². The summed E-state index contributed by atoms with van der Waals surface area (Å²) < 4.78 is 12.0. The maximum absolute atomic E-state index is 12.6. The highest BCUT2D eigenvalue weighted by Crippen LogP contribution is 2.72. The van der Waals surface area contributed by atoms with E-state index in [1.54, 1.807) is 0 Å². The van der Waals surface area contributed by atoms with E-state index in [2.05, 4.69) is 0 Å². The van der Waals surface area contributed by atoms with Gasteiger partial charge in [0.15, 0.2) is 0 Å². The second-order valence-corrected chi connectivity index (χ2v) is 7.69. The van der Waals surface area contributed by atoms with Gasteiger partial charge in [-0.15, -0.1) is 0 Å². The van der Waals surface area contributed by atoms with Crippen LogP contribution in [0, 0.1) is 0 Å².